The van der Waals surface area contributed by atoms with Gasteiger partial charge in [0, 0.05) is 71.3 Å². The molecule has 0 aliphatic rings. The highest BCUT2D eigenvalue weighted by Gasteiger charge is 2.25. The van der Waals surface area contributed by atoms with Crippen LogP contribution in [0.5, 0.6) is 0 Å². The van der Waals surface area contributed by atoms with Gasteiger partial charge in [0.05, 0.1) is 44.1 Å². The summed E-state index contributed by atoms with van der Waals surface area (Å²) in [6, 6.07) is 84.2. The first-order chi connectivity index (χ1) is 34.8. The van der Waals surface area contributed by atoms with E-state index in [0.29, 0.717) is 17.6 Å². The minimum atomic E-state index is 0.545. The first kappa shape index (κ1) is 38.5. The molecule has 5 heterocycles. The van der Waals surface area contributed by atoms with Crippen molar-refractivity contribution in [1.82, 2.24) is 33.2 Å². The van der Waals surface area contributed by atoms with Crippen molar-refractivity contribution in [2.45, 2.75) is 0 Å². The van der Waals surface area contributed by atoms with E-state index in [1.807, 2.05) is 18.2 Å². The first-order valence-corrected chi connectivity index (χ1v) is 23.7. The highest BCUT2D eigenvalue weighted by Crippen LogP contribution is 2.44. The summed E-state index contributed by atoms with van der Waals surface area (Å²) in [5.41, 5.74) is 13.9. The first-order valence-electron chi connectivity index (χ1n) is 23.7. The van der Waals surface area contributed by atoms with E-state index in [1.54, 1.807) is 0 Å². The maximum Gasteiger partial charge on any atom is 0.238 e. The maximum atomic E-state index is 5.53. The Hall–Kier alpha value is -9.59. The van der Waals surface area contributed by atoms with E-state index in [4.69, 9.17) is 15.0 Å². The van der Waals surface area contributed by atoms with E-state index >= 15 is 0 Å². The summed E-state index contributed by atoms with van der Waals surface area (Å²) < 4.78 is 9.52. The fourth-order valence-electron chi connectivity index (χ4n) is 11.3. The fraction of sp³-hybridized carbons (Fsp3) is 0. The molecule has 0 unspecified atom stereocenters. The quantitative estimate of drug-likeness (QED) is 0.167. The molecule has 70 heavy (non-hydrogen) atoms. The van der Waals surface area contributed by atoms with Gasteiger partial charge in [-0.2, -0.15) is 9.97 Å². The molecule has 7 heteroatoms. The number of para-hydroxylation sites is 6. The second kappa shape index (κ2) is 15.0. The van der Waals surface area contributed by atoms with E-state index in [0.717, 1.165) is 83.0 Å². The van der Waals surface area contributed by atoms with Gasteiger partial charge in [0.1, 0.15) is 0 Å². The molecule has 0 saturated heterocycles. The zero-order chi connectivity index (χ0) is 45.9. The number of fused-ring (bicyclic) bond motifs is 14. The van der Waals surface area contributed by atoms with Crippen LogP contribution >= 0.6 is 0 Å². The molecular formula is C63H39N7. The minimum Gasteiger partial charge on any atom is -0.307 e. The van der Waals surface area contributed by atoms with Gasteiger partial charge in [-0.15, -0.1) is 0 Å². The Balaban J connectivity index is 1.02. The van der Waals surface area contributed by atoms with E-state index in [-0.39, 0.29) is 0 Å². The number of hydrogen-bond donors (Lipinski definition) is 0. The molecule has 15 aromatic rings. The standard InChI is InChI=1S/C63H39N7/c1-4-19-40(20-5-1)61-64-62(66-63(65-61)70-56-34-17-13-30-48(56)52-38-37-51-46-28-11-15-32-54(46)68(59(51)60(52)70)43-24-8-3-9-25-43)41-21-18-26-44(39-41)69-55-33-16-12-29-47(55)50-36-35-49-45-27-10-14-31-53(45)67(57(49)58(50)69)42-22-6-2-7-23-42/h1-39H. The number of hydrogen-bond acceptors (Lipinski definition) is 3. The highest BCUT2D eigenvalue weighted by atomic mass is 15.2. The normalized spacial score (nSPS) is 12.0. The molecule has 0 amide bonds. The Kier molecular flexibility index (Phi) is 8.23. The number of rotatable bonds is 6. The predicted octanol–water partition coefficient (Wildman–Crippen LogP) is 15.6. The van der Waals surface area contributed by atoms with Crippen LogP contribution in [0.1, 0.15) is 0 Å². The Morgan fingerprint density at radius 1 is 0.229 bits per heavy atom. The lowest BCUT2D eigenvalue weighted by atomic mass is 10.1. The number of aromatic nitrogens is 7. The van der Waals surface area contributed by atoms with Crippen molar-refractivity contribution in [1.29, 1.82) is 0 Å². The Bertz CT molecular complexity index is 4580. The summed E-state index contributed by atoms with van der Waals surface area (Å²) in [6.07, 6.45) is 0. The van der Waals surface area contributed by atoms with E-state index in [1.165, 1.54) is 32.4 Å². The Morgan fingerprint density at radius 3 is 1.01 bits per heavy atom. The molecule has 326 valence electrons. The highest BCUT2D eigenvalue weighted by molar-refractivity contribution is 6.25. The number of benzene rings is 10. The van der Waals surface area contributed by atoms with E-state index < -0.39 is 0 Å². The topological polar surface area (TPSA) is 58.4 Å². The van der Waals surface area contributed by atoms with Crippen LogP contribution < -0.4 is 0 Å². The largest absolute Gasteiger partial charge is 0.307 e. The van der Waals surface area contributed by atoms with Crippen LogP contribution in [0.15, 0.2) is 237 Å². The lowest BCUT2D eigenvalue weighted by Crippen LogP contribution is -2.07. The van der Waals surface area contributed by atoms with Gasteiger partial charge in [-0.1, -0.05) is 176 Å². The molecule has 7 nitrogen and oxygen atoms in total. The summed E-state index contributed by atoms with van der Waals surface area (Å²) in [7, 11) is 0. The van der Waals surface area contributed by atoms with Crippen molar-refractivity contribution in [3.63, 3.8) is 0 Å². The van der Waals surface area contributed by atoms with Gasteiger partial charge in [0.15, 0.2) is 11.6 Å². The molecule has 0 aliphatic heterocycles. The molecule has 15 rings (SSSR count). The van der Waals surface area contributed by atoms with Gasteiger partial charge >= 0.3 is 0 Å². The molecular weight excluding hydrogens is 855 g/mol. The smallest absolute Gasteiger partial charge is 0.238 e. The molecule has 0 spiro atoms. The van der Waals surface area contributed by atoms with Crippen LogP contribution in [0.3, 0.4) is 0 Å². The molecule has 0 saturated carbocycles. The molecule has 0 atom stereocenters. The lowest BCUT2D eigenvalue weighted by Gasteiger charge is -2.14. The van der Waals surface area contributed by atoms with Crippen molar-refractivity contribution >= 4 is 87.2 Å². The van der Waals surface area contributed by atoms with Crippen molar-refractivity contribution in [3.05, 3.63) is 237 Å². The van der Waals surface area contributed by atoms with Crippen molar-refractivity contribution in [2.75, 3.05) is 0 Å². The molecule has 0 radical (unpaired) electrons. The van der Waals surface area contributed by atoms with Gasteiger partial charge in [-0.25, -0.2) is 4.98 Å². The monoisotopic (exact) mass is 893 g/mol. The van der Waals surface area contributed by atoms with Gasteiger partial charge < -0.3 is 13.7 Å². The van der Waals surface area contributed by atoms with E-state index in [9.17, 15) is 0 Å². The maximum absolute atomic E-state index is 5.53. The molecule has 10 aromatic carbocycles. The molecule has 5 aromatic heterocycles. The van der Waals surface area contributed by atoms with Crippen molar-refractivity contribution in [3.8, 4) is 45.8 Å². The SMILES string of the molecule is c1ccc(-c2nc(-c3cccc(-n4c5ccccc5c5ccc6c7ccccc7n(-c7ccccc7)c6c54)c3)nc(-n3c4ccccc4c4ccc5c6ccccc6n(-c6ccccc6)c5c43)n2)cc1. The van der Waals surface area contributed by atoms with Crippen LogP contribution in [-0.2, 0) is 0 Å². The van der Waals surface area contributed by atoms with Gasteiger partial charge in [-0.05, 0) is 60.7 Å². The van der Waals surface area contributed by atoms with Gasteiger partial charge in [-0.3, -0.25) is 4.57 Å². The predicted molar refractivity (Wildman–Crippen MR) is 288 cm³/mol. The number of nitrogens with zero attached hydrogens (tertiary/aromatic N) is 7. The Labute approximate surface area is 401 Å². The van der Waals surface area contributed by atoms with Crippen LogP contribution in [0.2, 0.25) is 0 Å². The van der Waals surface area contributed by atoms with Crippen LogP contribution in [0, 0.1) is 0 Å². The second-order valence-electron chi connectivity index (χ2n) is 18.0. The average molecular weight is 894 g/mol. The third-order valence-electron chi connectivity index (χ3n) is 14.2. The van der Waals surface area contributed by atoms with Crippen molar-refractivity contribution < 1.29 is 0 Å². The molecule has 0 aliphatic carbocycles. The van der Waals surface area contributed by atoms with Crippen LogP contribution in [0.25, 0.3) is 133 Å². The summed E-state index contributed by atoms with van der Waals surface area (Å²) in [5, 5.41) is 9.39. The minimum absolute atomic E-state index is 0.545. The second-order valence-corrected chi connectivity index (χ2v) is 18.0. The molecule has 0 fully saturated rings. The zero-order valence-electron chi connectivity index (χ0n) is 37.6. The summed E-state index contributed by atoms with van der Waals surface area (Å²) in [4.78, 5) is 16.3. The van der Waals surface area contributed by atoms with E-state index in [2.05, 4.69) is 237 Å². The average Bonchev–Trinajstić information content (AvgIpc) is 4.17. The summed E-state index contributed by atoms with van der Waals surface area (Å²) in [6.45, 7) is 0. The zero-order valence-corrected chi connectivity index (χ0v) is 37.6. The van der Waals surface area contributed by atoms with Crippen LogP contribution in [-0.4, -0.2) is 33.2 Å². The summed E-state index contributed by atoms with van der Waals surface area (Å²) >= 11 is 0. The van der Waals surface area contributed by atoms with Gasteiger partial charge in [0.25, 0.3) is 0 Å². The lowest BCUT2D eigenvalue weighted by molar-refractivity contribution is 0.953. The Morgan fingerprint density at radius 2 is 0.557 bits per heavy atom. The van der Waals surface area contributed by atoms with Gasteiger partial charge in [0.2, 0.25) is 5.95 Å². The third kappa shape index (κ3) is 5.54. The molecule has 0 bridgehead atoms. The summed E-state index contributed by atoms with van der Waals surface area (Å²) in [5.74, 6) is 1.72. The fourth-order valence-corrected chi connectivity index (χ4v) is 11.3. The molecule has 0 N–H and O–H groups in total. The third-order valence-corrected chi connectivity index (χ3v) is 14.2. The van der Waals surface area contributed by atoms with Crippen molar-refractivity contribution in [2.24, 2.45) is 0 Å². The van der Waals surface area contributed by atoms with Crippen LogP contribution in [0.4, 0.5) is 0 Å².